The van der Waals surface area contributed by atoms with Crippen molar-refractivity contribution >= 4 is 11.8 Å². The van der Waals surface area contributed by atoms with Crippen LogP contribution in [0.5, 0.6) is 0 Å². The van der Waals surface area contributed by atoms with Gasteiger partial charge in [-0.3, -0.25) is 9.59 Å². The minimum atomic E-state index is -1.27. The van der Waals surface area contributed by atoms with Gasteiger partial charge in [0.05, 0.1) is 6.54 Å². The minimum Gasteiger partial charge on any atom is -0.381 e. The van der Waals surface area contributed by atoms with Gasteiger partial charge in [0.2, 0.25) is 11.8 Å². The van der Waals surface area contributed by atoms with E-state index in [2.05, 4.69) is 5.32 Å². The van der Waals surface area contributed by atoms with Gasteiger partial charge in [0, 0.05) is 5.92 Å². The Hall–Kier alpha value is -1.10. The summed E-state index contributed by atoms with van der Waals surface area (Å²) < 4.78 is 0. The van der Waals surface area contributed by atoms with Crippen LogP contribution in [0.15, 0.2) is 0 Å². The number of aliphatic hydroxyl groups is 1. The van der Waals surface area contributed by atoms with E-state index in [0.29, 0.717) is 11.8 Å². The van der Waals surface area contributed by atoms with Crippen molar-refractivity contribution in [3.63, 3.8) is 0 Å². The molecule has 2 amide bonds. The third kappa shape index (κ3) is 2.19. The average Bonchev–Trinajstić information content (AvgIpc) is 2.99. The van der Waals surface area contributed by atoms with Crippen molar-refractivity contribution in [2.75, 3.05) is 6.54 Å². The summed E-state index contributed by atoms with van der Waals surface area (Å²) in [6.45, 7) is -0.0654. The molecule has 90 valence electrons. The van der Waals surface area contributed by atoms with Crippen LogP contribution in [0.4, 0.5) is 0 Å². The maximum absolute atomic E-state index is 11.7. The molecule has 0 saturated heterocycles. The fraction of sp³-hybridized carbons (Fsp3) is 0.818. The molecule has 2 saturated carbocycles. The summed E-state index contributed by atoms with van der Waals surface area (Å²) in [7, 11) is 0. The minimum absolute atomic E-state index is 0.0304. The van der Waals surface area contributed by atoms with Crippen LogP contribution in [0, 0.1) is 17.8 Å². The molecule has 0 heterocycles. The van der Waals surface area contributed by atoms with Gasteiger partial charge >= 0.3 is 0 Å². The van der Waals surface area contributed by atoms with Gasteiger partial charge in [0.1, 0.15) is 6.10 Å². The number of aliphatic hydroxyl groups excluding tert-OH is 1. The van der Waals surface area contributed by atoms with Gasteiger partial charge in [-0.25, -0.2) is 0 Å². The monoisotopic (exact) mass is 226 g/mol. The van der Waals surface area contributed by atoms with E-state index < -0.39 is 12.0 Å². The van der Waals surface area contributed by atoms with Crippen LogP contribution in [0.3, 0.4) is 0 Å². The van der Waals surface area contributed by atoms with Gasteiger partial charge in [0.25, 0.3) is 0 Å². The number of amides is 2. The van der Waals surface area contributed by atoms with Crippen LogP contribution in [0.2, 0.25) is 0 Å². The number of hydrogen-bond donors (Lipinski definition) is 3. The van der Waals surface area contributed by atoms with Crippen LogP contribution in [0.1, 0.15) is 25.7 Å². The predicted octanol–water partition coefficient (Wildman–Crippen LogP) is -0.615. The Morgan fingerprint density at radius 1 is 1.31 bits per heavy atom. The van der Waals surface area contributed by atoms with Crippen molar-refractivity contribution in [2.24, 2.45) is 23.5 Å². The fourth-order valence-corrected chi connectivity index (χ4v) is 2.80. The number of carbonyl (C=O) groups excluding carboxylic acids is 2. The molecule has 0 aromatic carbocycles. The van der Waals surface area contributed by atoms with Crippen molar-refractivity contribution < 1.29 is 14.7 Å². The molecule has 0 spiro atoms. The first-order chi connectivity index (χ1) is 7.61. The first-order valence-corrected chi connectivity index (χ1v) is 5.86. The highest BCUT2D eigenvalue weighted by molar-refractivity contribution is 5.84. The van der Waals surface area contributed by atoms with E-state index in [0.717, 1.165) is 12.8 Å². The van der Waals surface area contributed by atoms with E-state index in [1.165, 1.54) is 12.8 Å². The SMILES string of the molecule is NC(=O)C(O)CNC(=O)C1C2CCCCC21. The largest absolute Gasteiger partial charge is 0.381 e. The fourth-order valence-electron chi connectivity index (χ4n) is 2.80. The zero-order valence-electron chi connectivity index (χ0n) is 9.19. The predicted molar refractivity (Wildman–Crippen MR) is 57.1 cm³/mol. The van der Waals surface area contributed by atoms with E-state index in [-0.39, 0.29) is 18.4 Å². The third-order valence-electron chi connectivity index (χ3n) is 3.76. The molecule has 5 heteroatoms. The van der Waals surface area contributed by atoms with Crippen LogP contribution >= 0.6 is 0 Å². The molecule has 16 heavy (non-hydrogen) atoms. The van der Waals surface area contributed by atoms with E-state index in [9.17, 15) is 9.59 Å². The molecule has 2 rings (SSSR count). The molecule has 0 aromatic rings. The Morgan fingerprint density at radius 2 is 1.88 bits per heavy atom. The van der Waals surface area contributed by atoms with E-state index in [4.69, 9.17) is 10.8 Å². The number of primary amides is 1. The lowest BCUT2D eigenvalue weighted by atomic mass is 10.0. The Labute approximate surface area is 94.4 Å². The Morgan fingerprint density at radius 3 is 2.38 bits per heavy atom. The maximum Gasteiger partial charge on any atom is 0.248 e. The molecule has 0 aromatic heterocycles. The second-order valence-corrected chi connectivity index (χ2v) is 4.80. The van der Waals surface area contributed by atoms with Gasteiger partial charge in [-0.05, 0) is 24.7 Å². The van der Waals surface area contributed by atoms with Gasteiger partial charge in [-0.1, -0.05) is 12.8 Å². The normalized spacial score (nSPS) is 33.7. The number of carbonyl (C=O) groups is 2. The molecular formula is C11H18N2O3. The quantitative estimate of drug-likeness (QED) is 0.596. The standard InChI is InChI=1S/C11H18N2O3/c12-10(15)8(14)5-13-11(16)9-6-3-1-2-4-7(6)9/h6-9,14H,1-5H2,(H2,12,15)(H,13,16). The van der Waals surface area contributed by atoms with Crippen molar-refractivity contribution in [2.45, 2.75) is 31.8 Å². The van der Waals surface area contributed by atoms with Gasteiger partial charge in [0.15, 0.2) is 0 Å². The van der Waals surface area contributed by atoms with Crippen molar-refractivity contribution in [3.05, 3.63) is 0 Å². The van der Waals surface area contributed by atoms with Crippen molar-refractivity contribution in [3.8, 4) is 0 Å². The zero-order valence-corrected chi connectivity index (χ0v) is 9.19. The molecule has 0 bridgehead atoms. The molecule has 5 nitrogen and oxygen atoms in total. The number of nitrogens with one attached hydrogen (secondary N) is 1. The lowest BCUT2D eigenvalue weighted by Crippen LogP contribution is -2.40. The second-order valence-electron chi connectivity index (χ2n) is 4.80. The summed E-state index contributed by atoms with van der Waals surface area (Å²) in [5, 5.41) is 11.7. The average molecular weight is 226 g/mol. The smallest absolute Gasteiger partial charge is 0.248 e. The molecule has 4 N–H and O–H groups in total. The van der Waals surface area contributed by atoms with E-state index in [1.54, 1.807) is 0 Å². The topological polar surface area (TPSA) is 92.4 Å². The molecule has 0 aliphatic heterocycles. The Kier molecular flexibility index (Phi) is 3.14. The number of nitrogens with two attached hydrogens (primary N) is 1. The zero-order chi connectivity index (χ0) is 11.7. The maximum atomic E-state index is 11.7. The van der Waals surface area contributed by atoms with Crippen LogP contribution in [-0.4, -0.2) is 29.6 Å². The number of rotatable bonds is 4. The molecule has 2 aliphatic carbocycles. The van der Waals surface area contributed by atoms with Crippen LogP contribution < -0.4 is 11.1 Å². The lowest BCUT2D eigenvalue weighted by molar-refractivity contribution is -0.127. The summed E-state index contributed by atoms with van der Waals surface area (Å²) >= 11 is 0. The van der Waals surface area contributed by atoms with Gasteiger partial charge < -0.3 is 16.2 Å². The highest BCUT2D eigenvalue weighted by Gasteiger charge is 2.54. The third-order valence-corrected chi connectivity index (χ3v) is 3.76. The molecule has 0 radical (unpaired) electrons. The van der Waals surface area contributed by atoms with Crippen LogP contribution in [0.25, 0.3) is 0 Å². The summed E-state index contributed by atoms with van der Waals surface area (Å²) in [6, 6.07) is 0. The number of fused-ring (bicyclic) bond motifs is 1. The van der Waals surface area contributed by atoms with Crippen molar-refractivity contribution in [1.29, 1.82) is 0 Å². The first-order valence-electron chi connectivity index (χ1n) is 5.86. The second kappa shape index (κ2) is 4.41. The van der Waals surface area contributed by atoms with E-state index in [1.807, 2.05) is 0 Å². The van der Waals surface area contributed by atoms with Gasteiger partial charge in [-0.2, -0.15) is 0 Å². The molecule has 3 unspecified atom stereocenters. The summed E-state index contributed by atoms with van der Waals surface area (Å²) in [5.41, 5.74) is 4.89. The molecule has 2 fully saturated rings. The highest BCUT2D eigenvalue weighted by Crippen LogP contribution is 2.55. The Bertz CT molecular complexity index is 294. The Balaban J connectivity index is 1.75. The van der Waals surface area contributed by atoms with Crippen LogP contribution in [-0.2, 0) is 9.59 Å². The van der Waals surface area contributed by atoms with Crippen molar-refractivity contribution in [1.82, 2.24) is 5.32 Å². The van der Waals surface area contributed by atoms with Gasteiger partial charge in [-0.15, -0.1) is 0 Å². The lowest BCUT2D eigenvalue weighted by Gasteiger charge is -2.08. The summed E-state index contributed by atoms with van der Waals surface area (Å²) in [4.78, 5) is 22.3. The first kappa shape index (κ1) is 11.4. The summed E-state index contributed by atoms with van der Waals surface area (Å²) in [6.07, 6.45) is 3.44. The van der Waals surface area contributed by atoms with E-state index >= 15 is 0 Å². The highest BCUT2D eigenvalue weighted by atomic mass is 16.3. The molecular weight excluding hydrogens is 208 g/mol. The molecule has 2 aliphatic rings. The summed E-state index contributed by atoms with van der Waals surface area (Å²) in [5.74, 6) is 0.368. The number of hydrogen-bond acceptors (Lipinski definition) is 3. The molecule has 3 atom stereocenters.